The van der Waals surface area contributed by atoms with Gasteiger partial charge in [0.25, 0.3) is 0 Å². The second kappa shape index (κ2) is 4.69. The van der Waals surface area contributed by atoms with Crippen LogP contribution in [0, 0.1) is 11.8 Å². The van der Waals surface area contributed by atoms with Crippen LogP contribution in [-0.2, 0) is 7.05 Å². The molecule has 0 aromatic carbocycles. The Kier molecular flexibility index (Phi) is 3.77. The zero-order chi connectivity index (χ0) is 11.6. The van der Waals surface area contributed by atoms with Gasteiger partial charge in [-0.3, -0.25) is 4.68 Å². The van der Waals surface area contributed by atoms with Crippen LogP contribution < -0.4 is 5.73 Å². The highest BCUT2D eigenvalue weighted by Gasteiger charge is 2.20. The number of aryl methyl sites for hydroxylation is 1. The number of anilines is 1. The second-order valence-corrected chi connectivity index (χ2v) is 5.10. The molecule has 3 heteroatoms. The average molecular weight is 209 g/mol. The minimum Gasteiger partial charge on any atom is -0.384 e. The van der Waals surface area contributed by atoms with Gasteiger partial charge in [-0.2, -0.15) is 5.10 Å². The van der Waals surface area contributed by atoms with Gasteiger partial charge in [-0.1, -0.05) is 27.7 Å². The van der Waals surface area contributed by atoms with Gasteiger partial charge in [0.15, 0.2) is 0 Å². The maximum Gasteiger partial charge on any atom is 0.121 e. The summed E-state index contributed by atoms with van der Waals surface area (Å²) in [6.45, 7) is 9.00. The summed E-state index contributed by atoms with van der Waals surface area (Å²) in [5.74, 6) is 2.58. The fraction of sp³-hybridized carbons (Fsp3) is 0.750. The summed E-state index contributed by atoms with van der Waals surface area (Å²) in [6, 6.07) is 2.01. The third kappa shape index (κ3) is 2.98. The van der Waals surface area contributed by atoms with Gasteiger partial charge >= 0.3 is 0 Å². The highest BCUT2D eigenvalue weighted by atomic mass is 15.3. The smallest absolute Gasteiger partial charge is 0.121 e. The van der Waals surface area contributed by atoms with E-state index in [0.29, 0.717) is 17.8 Å². The zero-order valence-electron chi connectivity index (χ0n) is 10.5. The van der Waals surface area contributed by atoms with Crippen molar-refractivity contribution in [2.24, 2.45) is 18.9 Å². The van der Waals surface area contributed by atoms with E-state index in [0.717, 1.165) is 11.5 Å². The molecule has 0 saturated carbocycles. The Morgan fingerprint density at radius 2 is 1.93 bits per heavy atom. The molecule has 86 valence electrons. The minimum atomic E-state index is 0.522. The number of nitrogen functional groups attached to an aromatic ring is 1. The van der Waals surface area contributed by atoms with Gasteiger partial charge in [0, 0.05) is 19.0 Å². The number of aromatic nitrogens is 2. The van der Waals surface area contributed by atoms with Crippen molar-refractivity contribution in [2.45, 2.75) is 40.0 Å². The SMILES string of the molecule is CC(C)CC(c1cc(N)n(C)n1)C(C)C. The van der Waals surface area contributed by atoms with Gasteiger partial charge in [-0.05, 0) is 18.3 Å². The van der Waals surface area contributed by atoms with E-state index in [-0.39, 0.29) is 0 Å². The molecule has 0 saturated heterocycles. The third-order valence-electron chi connectivity index (χ3n) is 2.84. The molecule has 0 radical (unpaired) electrons. The molecule has 1 unspecified atom stereocenters. The number of nitrogens with two attached hydrogens (primary N) is 1. The van der Waals surface area contributed by atoms with E-state index in [1.54, 1.807) is 4.68 Å². The van der Waals surface area contributed by atoms with Crippen LogP contribution in [0.2, 0.25) is 0 Å². The van der Waals surface area contributed by atoms with Crippen molar-refractivity contribution >= 4 is 5.82 Å². The van der Waals surface area contributed by atoms with Crippen molar-refractivity contribution in [1.82, 2.24) is 9.78 Å². The number of rotatable bonds is 4. The first-order valence-electron chi connectivity index (χ1n) is 5.71. The molecule has 2 N–H and O–H groups in total. The van der Waals surface area contributed by atoms with Crippen LogP contribution in [0.25, 0.3) is 0 Å². The molecule has 0 fully saturated rings. The van der Waals surface area contributed by atoms with Crippen LogP contribution in [0.15, 0.2) is 6.07 Å². The highest BCUT2D eigenvalue weighted by Crippen LogP contribution is 2.30. The molecule has 1 rings (SSSR count). The Morgan fingerprint density at radius 3 is 2.27 bits per heavy atom. The molecule has 15 heavy (non-hydrogen) atoms. The summed E-state index contributed by atoms with van der Waals surface area (Å²) < 4.78 is 1.76. The molecule has 3 nitrogen and oxygen atoms in total. The summed E-state index contributed by atoms with van der Waals surface area (Å²) in [5.41, 5.74) is 6.95. The Bertz CT molecular complexity index is 293. The molecule has 0 amide bonds. The number of nitrogens with zero attached hydrogens (tertiary/aromatic N) is 2. The van der Waals surface area contributed by atoms with Crippen molar-refractivity contribution in [3.63, 3.8) is 0 Å². The Hall–Kier alpha value is -0.990. The Morgan fingerprint density at radius 1 is 1.33 bits per heavy atom. The summed E-state index contributed by atoms with van der Waals surface area (Å²) in [5, 5.41) is 4.48. The van der Waals surface area contributed by atoms with Crippen molar-refractivity contribution < 1.29 is 0 Å². The van der Waals surface area contributed by atoms with E-state index in [2.05, 4.69) is 32.8 Å². The van der Waals surface area contributed by atoms with Crippen molar-refractivity contribution in [1.29, 1.82) is 0 Å². The Balaban J connectivity index is 2.89. The molecular formula is C12H23N3. The maximum atomic E-state index is 5.81. The number of hydrogen-bond donors (Lipinski definition) is 1. The monoisotopic (exact) mass is 209 g/mol. The normalized spacial score (nSPS) is 13.8. The quantitative estimate of drug-likeness (QED) is 0.828. The second-order valence-electron chi connectivity index (χ2n) is 5.10. The average Bonchev–Trinajstić information content (AvgIpc) is 2.42. The summed E-state index contributed by atoms with van der Waals surface area (Å²) in [6.07, 6.45) is 1.17. The van der Waals surface area contributed by atoms with Crippen LogP contribution in [0.3, 0.4) is 0 Å². The van der Waals surface area contributed by atoms with E-state index >= 15 is 0 Å². The molecule has 0 aliphatic rings. The molecule has 1 atom stereocenters. The van der Waals surface area contributed by atoms with Gasteiger partial charge in [-0.25, -0.2) is 0 Å². The first-order valence-corrected chi connectivity index (χ1v) is 5.71. The third-order valence-corrected chi connectivity index (χ3v) is 2.84. The predicted octanol–water partition coefficient (Wildman–Crippen LogP) is 2.79. The lowest BCUT2D eigenvalue weighted by molar-refractivity contribution is 0.398. The van der Waals surface area contributed by atoms with Gasteiger partial charge in [-0.15, -0.1) is 0 Å². The minimum absolute atomic E-state index is 0.522. The predicted molar refractivity (Wildman–Crippen MR) is 64.7 cm³/mol. The number of hydrogen-bond acceptors (Lipinski definition) is 2. The fourth-order valence-electron chi connectivity index (χ4n) is 1.93. The van der Waals surface area contributed by atoms with Crippen LogP contribution in [0.4, 0.5) is 5.82 Å². The van der Waals surface area contributed by atoms with Crippen molar-refractivity contribution in [3.05, 3.63) is 11.8 Å². The molecule has 0 aliphatic heterocycles. The lowest BCUT2D eigenvalue weighted by Crippen LogP contribution is -2.11. The lowest BCUT2D eigenvalue weighted by Gasteiger charge is -2.20. The van der Waals surface area contributed by atoms with Gasteiger partial charge in [0.2, 0.25) is 0 Å². The lowest BCUT2D eigenvalue weighted by atomic mass is 9.85. The topological polar surface area (TPSA) is 43.8 Å². The maximum absolute atomic E-state index is 5.81. The van der Waals surface area contributed by atoms with E-state index in [1.165, 1.54) is 6.42 Å². The highest BCUT2D eigenvalue weighted by molar-refractivity contribution is 5.32. The van der Waals surface area contributed by atoms with Crippen LogP contribution >= 0.6 is 0 Å². The molecule has 1 aromatic rings. The van der Waals surface area contributed by atoms with Gasteiger partial charge in [0.1, 0.15) is 5.82 Å². The van der Waals surface area contributed by atoms with E-state index < -0.39 is 0 Å². The first-order chi connectivity index (χ1) is 6.91. The fourth-order valence-corrected chi connectivity index (χ4v) is 1.93. The Labute approximate surface area is 92.7 Å². The molecule has 0 bridgehead atoms. The van der Waals surface area contributed by atoms with E-state index in [1.807, 2.05) is 13.1 Å². The summed E-state index contributed by atoms with van der Waals surface area (Å²) in [4.78, 5) is 0. The molecule has 1 aromatic heterocycles. The van der Waals surface area contributed by atoms with Crippen molar-refractivity contribution in [2.75, 3.05) is 5.73 Å². The first kappa shape index (κ1) is 12.1. The molecule has 1 heterocycles. The van der Waals surface area contributed by atoms with Crippen LogP contribution in [0.1, 0.15) is 45.7 Å². The van der Waals surface area contributed by atoms with E-state index in [4.69, 9.17) is 5.73 Å². The largest absolute Gasteiger partial charge is 0.384 e. The van der Waals surface area contributed by atoms with Gasteiger partial charge in [0.05, 0.1) is 5.69 Å². The zero-order valence-corrected chi connectivity index (χ0v) is 10.5. The van der Waals surface area contributed by atoms with Crippen LogP contribution in [-0.4, -0.2) is 9.78 Å². The van der Waals surface area contributed by atoms with Crippen LogP contribution in [0.5, 0.6) is 0 Å². The molecule has 0 spiro atoms. The summed E-state index contributed by atoms with van der Waals surface area (Å²) in [7, 11) is 1.89. The van der Waals surface area contributed by atoms with E-state index in [9.17, 15) is 0 Å². The van der Waals surface area contributed by atoms with Gasteiger partial charge < -0.3 is 5.73 Å². The van der Waals surface area contributed by atoms with Crippen molar-refractivity contribution in [3.8, 4) is 0 Å². The standard InChI is InChI=1S/C12H23N3/c1-8(2)6-10(9(3)4)11-7-12(13)15(5)14-11/h7-10H,6,13H2,1-5H3. The molecule has 0 aliphatic carbocycles. The summed E-state index contributed by atoms with van der Waals surface area (Å²) >= 11 is 0. The molecular weight excluding hydrogens is 186 g/mol.